The summed E-state index contributed by atoms with van der Waals surface area (Å²) in [7, 11) is 0. The molecule has 0 aliphatic heterocycles. The Morgan fingerprint density at radius 3 is 2.42 bits per heavy atom. The summed E-state index contributed by atoms with van der Waals surface area (Å²) in [6.45, 7) is 7.20. The van der Waals surface area contributed by atoms with Crippen molar-refractivity contribution in [2.45, 2.75) is 39.5 Å². The maximum absolute atomic E-state index is 5.62. The van der Waals surface area contributed by atoms with Crippen LogP contribution < -0.4 is 5.73 Å². The molecule has 1 aromatic heterocycles. The van der Waals surface area contributed by atoms with Crippen molar-refractivity contribution in [1.82, 2.24) is 9.78 Å². The predicted octanol–water partition coefficient (Wildman–Crippen LogP) is 3.06. The van der Waals surface area contributed by atoms with Gasteiger partial charge in [0, 0.05) is 12.1 Å². The minimum Gasteiger partial charge on any atom is -0.330 e. The molecule has 1 aromatic carbocycles. The van der Waals surface area contributed by atoms with Gasteiger partial charge < -0.3 is 5.73 Å². The van der Waals surface area contributed by atoms with Crippen molar-refractivity contribution in [3.63, 3.8) is 0 Å². The van der Waals surface area contributed by atoms with E-state index in [0.717, 1.165) is 24.2 Å². The van der Waals surface area contributed by atoms with Crippen LogP contribution in [-0.2, 0) is 12.8 Å². The van der Waals surface area contributed by atoms with E-state index in [-0.39, 0.29) is 0 Å². The molecule has 0 unspecified atom stereocenters. The fourth-order valence-electron chi connectivity index (χ4n) is 2.21. The summed E-state index contributed by atoms with van der Waals surface area (Å²) in [5, 5.41) is 4.68. The molecular weight excluding hydrogens is 234 g/mol. The summed E-state index contributed by atoms with van der Waals surface area (Å²) in [6, 6.07) is 10.8. The minimum absolute atomic E-state index is 0.449. The number of aromatic nitrogens is 2. The highest BCUT2D eigenvalue weighted by molar-refractivity contribution is 5.37. The molecule has 0 amide bonds. The van der Waals surface area contributed by atoms with Gasteiger partial charge in [0.1, 0.15) is 0 Å². The molecule has 102 valence electrons. The molecule has 0 fully saturated rings. The van der Waals surface area contributed by atoms with E-state index in [1.807, 2.05) is 0 Å². The van der Waals surface area contributed by atoms with Crippen molar-refractivity contribution in [2.75, 3.05) is 6.54 Å². The van der Waals surface area contributed by atoms with Crippen LogP contribution in [0.15, 0.2) is 30.3 Å². The predicted molar refractivity (Wildman–Crippen MR) is 79.8 cm³/mol. The van der Waals surface area contributed by atoms with Crippen LogP contribution in [-0.4, -0.2) is 16.3 Å². The van der Waals surface area contributed by atoms with Crippen LogP contribution in [0.25, 0.3) is 5.69 Å². The lowest BCUT2D eigenvalue weighted by Crippen LogP contribution is -2.05. The third-order valence-corrected chi connectivity index (χ3v) is 3.37. The second-order valence-corrected chi connectivity index (χ2v) is 5.19. The summed E-state index contributed by atoms with van der Waals surface area (Å²) in [4.78, 5) is 0. The summed E-state index contributed by atoms with van der Waals surface area (Å²) >= 11 is 0. The van der Waals surface area contributed by atoms with Crippen LogP contribution in [0.1, 0.15) is 43.6 Å². The monoisotopic (exact) mass is 257 g/mol. The standard InChI is InChI=1S/C16H23N3/c1-4-13-5-7-15(8-6-13)19-16(12(2)3)11-14(18-19)9-10-17/h5-8,11-12H,4,9-10,17H2,1-3H3. The van der Waals surface area contributed by atoms with Gasteiger partial charge in [-0.15, -0.1) is 0 Å². The summed E-state index contributed by atoms with van der Waals surface area (Å²) in [5.74, 6) is 0.449. The maximum atomic E-state index is 5.62. The molecular formula is C16H23N3. The number of benzene rings is 1. The first-order chi connectivity index (χ1) is 9.15. The molecule has 0 atom stereocenters. The van der Waals surface area contributed by atoms with E-state index in [4.69, 9.17) is 5.73 Å². The molecule has 3 nitrogen and oxygen atoms in total. The van der Waals surface area contributed by atoms with Gasteiger partial charge in [-0.1, -0.05) is 32.9 Å². The van der Waals surface area contributed by atoms with E-state index >= 15 is 0 Å². The van der Waals surface area contributed by atoms with E-state index in [2.05, 4.69) is 60.9 Å². The second kappa shape index (κ2) is 6.02. The Labute approximate surface area is 115 Å². The minimum atomic E-state index is 0.449. The lowest BCUT2D eigenvalue weighted by Gasteiger charge is -2.10. The number of nitrogens with zero attached hydrogens (tertiary/aromatic N) is 2. The number of aryl methyl sites for hydroxylation is 1. The largest absolute Gasteiger partial charge is 0.330 e. The van der Waals surface area contributed by atoms with Crippen molar-refractivity contribution < 1.29 is 0 Å². The average molecular weight is 257 g/mol. The molecule has 0 spiro atoms. The van der Waals surface area contributed by atoms with Gasteiger partial charge in [0.15, 0.2) is 0 Å². The van der Waals surface area contributed by atoms with Crippen LogP contribution in [0.2, 0.25) is 0 Å². The molecule has 0 saturated heterocycles. The molecule has 0 bridgehead atoms. The first-order valence-corrected chi connectivity index (χ1v) is 7.04. The normalized spacial score (nSPS) is 11.2. The lowest BCUT2D eigenvalue weighted by atomic mass is 10.1. The van der Waals surface area contributed by atoms with Gasteiger partial charge in [0.2, 0.25) is 0 Å². The zero-order valence-corrected chi connectivity index (χ0v) is 12.1. The first kappa shape index (κ1) is 13.8. The fourth-order valence-corrected chi connectivity index (χ4v) is 2.21. The Balaban J connectivity index is 2.40. The molecule has 19 heavy (non-hydrogen) atoms. The SMILES string of the molecule is CCc1ccc(-n2nc(CCN)cc2C(C)C)cc1. The highest BCUT2D eigenvalue weighted by Crippen LogP contribution is 2.21. The van der Waals surface area contributed by atoms with E-state index in [1.54, 1.807) is 0 Å². The molecule has 2 aromatic rings. The molecule has 2 N–H and O–H groups in total. The van der Waals surface area contributed by atoms with Gasteiger partial charge in [0.25, 0.3) is 0 Å². The first-order valence-electron chi connectivity index (χ1n) is 7.04. The molecule has 0 saturated carbocycles. The van der Waals surface area contributed by atoms with E-state index in [1.165, 1.54) is 11.3 Å². The van der Waals surface area contributed by atoms with Crippen molar-refractivity contribution in [2.24, 2.45) is 5.73 Å². The van der Waals surface area contributed by atoms with Gasteiger partial charge in [-0.25, -0.2) is 4.68 Å². The van der Waals surface area contributed by atoms with Crippen LogP contribution in [0, 0.1) is 0 Å². The molecule has 0 aliphatic rings. The average Bonchev–Trinajstić information content (AvgIpc) is 2.83. The Kier molecular flexibility index (Phi) is 4.38. The van der Waals surface area contributed by atoms with Gasteiger partial charge in [-0.3, -0.25) is 0 Å². The van der Waals surface area contributed by atoms with Crippen molar-refractivity contribution in [3.8, 4) is 5.69 Å². The molecule has 2 rings (SSSR count). The Morgan fingerprint density at radius 1 is 1.21 bits per heavy atom. The summed E-state index contributed by atoms with van der Waals surface area (Å²) < 4.78 is 2.05. The Hall–Kier alpha value is -1.61. The van der Waals surface area contributed by atoms with Crippen LogP contribution >= 0.6 is 0 Å². The highest BCUT2D eigenvalue weighted by atomic mass is 15.3. The number of hydrogen-bond donors (Lipinski definition) is 1. The molecule has 0 aliphatic carbocycles. The second-order valence-electron chi connectivity index (χ2n) is 5.19. The van der Waals surface area contributed by atoms with Crippen LogP contribution in [0.5, 0.6) is 0 Å². The van der Waals surface area contributed by atoms with Crippen LogP contribution in [0.4, 0.5) is 0 Å². The third kappa shape index (κ3) is 3.04. The summed E-state index contributed by atoms with van der Waals surface area (Å²) in [5.41, 5.74) is 10.4. The number of rotatable bonds is 5. The van der Waals surface area contributed by atoms with Crippen molar-refractivity contribution >= 4 is 0 Å². The number of hydrogen-bond acceptors (Lipinski definition) is 2. The van der Waals surface area contributed by atoms with Gasteiger partial charge in [0.05, 0.1) is 11.4 Å². The Bertz CT molecular complexity index is 523. The van der Waals surface area contributed by atoms with Crippen molar-refractivity contribution in [1.29, 1.82) is 0 Å². The van der Waals surface area contributed by atoms with Crippen molar-refractivity contribution in [3.05, 3.63) is 47.3 Å². The van der Waals surface area contributed by atoms with Gasteiger partial charge >= 0.3 is 0 Å². The van der Waals surface area contributed by atoms with E-state index in [9.17, 15) is 0 Å². The lowest BCUT2D eigenvalue weighted by molar-refractivity contribution is 0.725. The zero-order valence-electron chi connectivity index (χ0n) is 12.1. The fraction of sp³-hybridized carbons (Fsp3) is 0.438. The highest BCUT2D eigenvalue weighted by Gasteiger charge is 2.12. The molecule has 3 heteroatoms. The van der Waals surface area contributed by atoms with Crippen LogP contribution in [0.3, 0.4) is 0 Å². The molecule has 1 heterocycles. The smallest absolute Gasteiger partial charge is 0.0649 e. The zero-order chi connectivity index (χ0) is 13.8. The Morgan fingerprint density at radius 2 is 1.89 bits per heavy atom. The van der Waals surface area contributed by atoms with E-state index in [0.29, 0.717) is 12.5 Å². The molecule has 0 radical (unpaired) electrons. The van der Waals surface area contributed by atoms with E-state index < -0.39 is 0 Å². The van der Waals surface area contributed by atoms with Gasteiger partial charge in [-0.2, -0.15) is 5.10 Å². The number of nitrogens with two attached hydrogens (primary N) is 1. The topological polar surface area (TPSA) is 43.8 Å². The summed E-state index contributed by atoms with van der Waals surface area (Å²) in [6.07, 6.45) is 1.90. The third-order valence-electron chi connectivity index (χ3n) is 3.37. The maximum Gasteiger partial charge on any atom is 0.0649 e. The van der Waals surface area contributed by atoms with Gasteiger partial charge in [-0.05, 0) is 42.6 Å². The quantitative estimate of drug-likeness (QED) is 0.894.